The summed E-state index contributed by atoms with van der Waals surface area (Å²) in [6.07, 6.45) is 1.66. The van der Waals surface area contributed by atoms with Gasteiger partial charge >= 0.3 is 0 Å². The largest absolute Gasteiger partial charge is 0.345 e. The van der Waals surface area contributed by atoms with Crippen molar-refractivity contribution in [1.29, 1.82) is 0 Å². The highest BCUT2D eigenvalue weighted by atomic mass is 127. The number of halogens is 1. The molecule has 6 heteroatoms. The molecular formula is C10H8IN3OS. The van der Waals surface area contributed by atoms with Crippen LogP contribution in [0.15, 0.2) is 24.5 Å². The summed E-state index contributed by atoms with van der Waals surface area (Å²) in [6.45, 7) is 0. The first-order valence-electron chi connectivity index (χ1n) is 4.76. The van der Waals surface area contributed by atoms with Gasteiger partial charge in [-0.2, -0.15) is 0 Å². The molecule has 1 N–H and O–H groups in total. The van der Waals surface area contributed by atoms with Crippen LogP contribution in [0.5, 0.6) is 0 Å². The fourth-order valence-corrected chi connectivity index (χ4v) is 3.71. The Hall–Kier alpha value is -0.760. The first-order valence-corrected chi connectivity index (χ1v) is 7.06. The molecule has 1 atom stereocenters. The molecule has 0 aliphatic carbocycles. The Morgan fingerprint density at radius 3 is 3.19 bits per heavy atom. The molecule has 0 saturated carbocycles. The third-order valence-corrected chi connectivity index (χ3v) is 5.03. The number of nitrogens with zero attached hydrogens (tertiary/aromatic N) is 2. The Balaban J connectivity index is 2.07. The lowest BCUT2D eigenvalue weighted by atomic mass is 10.2. The van der Waals surface area contributed by atoms with Crippen LogP contribution in [0.1, 0.15) is 0 Å². The van der Waals surface area contributed by atoms with Crippen molar-refractivity contribution in [2.45, 2.75) is 3.38 Å². The lowest BCUT2D eigenvalue weighted by Crippen LogP contribution is -2.28. The van der Waals surface area contributed by atoms with Gasteiger partial charge in [-0.05, 0) is 40.8 Å². The summed E-state index contributed by atoms with van der Waals surface area (Å²) < 4.78 is 0.186. The Labute approximate surface area is 110 Å². The molecule has 0 radical (unpaired) electrons. The fraction of sp³-hybridized carbons (Fsp3) is 0.200. The van der Waals surface area contributed by atoms with E-state index >= 15 is 0 Å². The van der Waals surface area contributed by atoms with Gasteiger partial charge in [-0.15, -0.1) is 11.8 Å². The van der Waals surface area contributed by atoms with Crippen LogP contribution in [0, 0.1) is 0 Å². The predicted octanol–water partition coefficient (Wildman–Crippen LogP) is 2.36. The third kappa shape index (κ3) is 1.60. The van der Waals surface area contributed by atoms with Gasteiger partial charge in [0.05, 0.1) is 23.1 Å². The van der Waals surface area contributed by atoms with E-state index in [0.717, 1.165) is 16.7 Å². The van der Waals surface area contributed by atoms with Crippen LogP contribution < -0.4 is 4.90 Å². The van der Waals surface area contributed by atoms with Gasteiger partial charge in [-0.1, -0.05) is 0 Å². The van der Waals surface area contributed by atoms with E-state index in [1.165, 1.54) is 0 Å². The Bertz CT molecular complexity index is 556. The Morgan fingerprint density at radius 1 is 1.56 bits per heavy atom. The molecule has 2 aromatic rings. The molecule has 0 bridgehead atoms. The van der Waals surface area contributed by atoms with Gasteiger partial charge < -0.3 is 4.98 Å². The van der Waals surface area contributed by atoms with Crippen LogP contribution in [0.4, 0.5) is 5.69 Å². The highest BCUT2D eigenvalue weighted by Gasteiger charge is 2.30. The SMILES string of the molecule is O=C1CSC(I)N1c1ccc2nc[nH]c2c1. The van der Waals surface area contributed by atoms with Crippen molar-refractivity contribution in [3.8, 4) is 0 Å². The van der Waals surface area contributed by atoms with Crippen molar-refractivity contribution in [1.82, 2.24) is 9.97 Å². The first-order chi connectivity index (χ1) is 7.75. The number of alkyl halides is 1. The van der Waals surface area contributed by atoms with Gasteiger partial charge in [-0.25, -0.2) is 4.98 Å². The smallest absolute Gasteiger partial charge is 0.238 e. The monoisotopic (exact) mass is 345 g/mol. The molecule has 3 rings (SSSR count). The minimum Gasteiger partial charge on any atom is -0.345 e. The number of carbonyl (C=O) groups excluding carboxylic acids is 1. The zero-order valence-electron chi connectivity index (χ0n) is 8.18. The Morgan fingerprint density at radius 2 is 2.44 bits per heavy atom. The molecule has 16 heavy (non-hydrogen) atoms. The minimum absolute atomic E-state index is 0.170. The topological polar surface area (TPSA) is 49.0 Å². The number of carbonyl (C=O) groups is 1. The molecule has 1 aromatic carbocycles. The number of aromatic amines is 1. The molecule has 1 unspecified atom stereocenters. The number of rotatable bonds is 1. The number of amides is 1. The number of imidazole rings is 1. The molecule has 2 heterocycles. The molecule has 4 nitrogen and oxygen atoms in total. The second-order valence-electron chi connectivity index (χ2n) is 3.47. The highest BCUT2D eigenvalue weighted by Crippen LogP contribution is 2.35. The van der Waals surface area contributed by atoms with Crippen molar-refractivity contribution >= 4 is 57.0 Å². The van der Waals surface area contributed by atoms with E-state index in [0.29, 0.717) is 5.75 Å². The quantitative estimate of drug-likeness (QED) is 0.490. The number of aromatic nitrogens is 2. The third-order valence-electron chi connectivity index (χ3n) is 2.50. The highest BCUT2D eigenvalue weighted by molar-refractivity contribution is 14.1. The second kappa shape index (κ2) is 3.92. The van der Waals surface area contributed by atoms with Crippen LogP contribution in [0.25, 0.3) is 11.0 Å². The zero-order valence-corrected chi connectivity index (χ0v) is 11.2. The number of fused-ring (bicyclic) bond motifs is 1. The van der Waals surface area contributed by atoms with E-state index in [-0.39, 0.29) is 9.29 Å². The van der Waals surface area contributed by atoms with Crippen LogP contribution in [0.2, 0.25) is 0 Å². The van der Waals surface area contributed by atoms with E-state index in [9.17, 15) is 4.79 Å². The van der Waals surface area contributed by atoms with Gasteiger partial charge in [0.1, 0.15) is 3.38 Å². The van der Waals surface area contributed by atoms with Crippen LogP contribution in [0.3, 0.4) is 0 Å². The summed E-state index contributed by atoms with van der Waals surface area (Å²) in [5.41, 5.74) is 2.82. The Kier molecular flexibility index (Phi) is 2.55. The number of benzene rings is 1. The molecule has 1 aromatic heterocycles. The standard InChI is InChI=1S/C10H8IN3OS/c11-10-14(9(15)4-16-10)6-1-2-7-8(3-6)13-5-12-7/h1-3,5,10H,4H2,(H,12,13). The van der Waals surface area contributed by atoms with Crippen molar-refractivity contribution in [2.75, 3.05) is 10.7 Å². The van der Waals surface area contributed by atoms with Crippen LogP contribution in [-0.2, 0) is 4.79 Å². The molecule has 82 valence electrons. The number of H-pyrrole nitrogens is 1. The molecule has 1 aliphatic rings. The number of nitrogens with one attached hydrogen (secondary N) is 1. The molecular weight excluding hydrogens is 337 g/mol. The minimum atomic E-state index is 0.170. The fourth-order valence-electron chi connectivity index (χ4n) is 1.73. The van der Waals surface area contributed by atoms with Crippen LogP contribution in [-0.4, -0.2) is 25.0 Å². The van der Waals surface area contributed by atoms with Gasteiger partial charge in [0.2, 0.25) is 5.91 Å². The lowest BCUT2D eigenvalue weighted by molar-refractivity contribution is -0.115. The van der Waals surface area contributed by atoms with E-state index in [2.05, 4.69) is 32.6 Å². The molecule has 1 saturated heterocycles. The normalized spacial score (nSPS) is 20.9. The number of hydrogen-bond acceptors (Lipinski definition) is 3. The van der Waals surface area contributed by atoms with Gasteiger partial charge in [-0.3, -0.25) is 9.69 Å². The molecule has 1 amide bonds. The second-order valence-corrected chi connectivity index (χ2v) is 6.56. The van der Waals surface area contributed by atoms with Gasteiger partial charge in [0.25, 0.3) is 0 Å². The van der Waals surface area contributed by atoms with Gasteiger partial charge in [0.15, 0.2) is 0 Å². The first kappa shape index (κ1) is 10.4. The molecule has 0 spiro atoms. The number of thioether (sulfide) groups is 1. The summed E-state index contributed by atoms with van der Waals surface area (Å²) in [5, 5.41) is 0. The molecule has 1 aliphatic heterocycles. The van der Waals surface area contributed by atoms with Crippen molar-refractivity contribution in [3.05, 3.63) is 24.5 Å². The summed E-state index contributed by atoms with van der Waals surface area (Å²) in [6, 6.07) is 5.84. The summed E-state index contributed by atoms with van der Waals surface area (Å²) >= 11 is 3.93. The van der Waals surface area contributed by atoms with Crippen molar-refractivity contribution in [2.24, 2.45) is 0 Å². The van der Waals surface area contributed by atoms with Crippen molar-refractivity contribution in [3.63, 3.8) is 0 Å². The van der Waals surface area contributed by atoms with E-state index in [1.807, 2.05) is 23.1 Å². The number of anilines is 1. The lowest BCUT2D eigenvalue weighted by Gasteiger charge is -2.19. The van der Waals surface area contributed by atoms with E-state index in [1.54, 1.807) is 18.1 Å². The average molecular weight is 345 g/mol. The predicted molar refractivity (Wildman–Crippen MR) is 73.8 cm³/mol. The van der Waals surface area contributed by atoms with Gasteiger partial charge in [0, 0.05) is 5.69 Å². The average Bonchev–Trinajstić information content (AvgIpc) is 2.85. The zero-order chi connectivity index (χ0) is 11.1. The van der Waals surface area contributed by atoms with E-state index in [4.69, 9.17) is 0 Å². The summed E-state index contributed by atoms with van der Waals surface area (Å²) in [7, 11) is 0. The van der Waals surface area contributed by atoms with E-state index < -0.39 is 0 Å². The maximum atomic E-state index is 11.7. The number of hydrogen-bond donors (Lipinski definition) is 1. The summed E-state index contributed by atoms with van der Waals surface area (Å²) in [5.74, 6) is 0.734. The maximum absolute atomic E-state index is 11.7. The van der Waals surface area contributed by atoms with Crippen LogP contribution >= 0.6 is 34.4 Å². The molecule has 1 fully saturated rings. The summed E-state index contributed by atoms with van der Waals surface area (Å²) in [4.78, 5) is 20.8. The van der Waals surface area contributed by atoms with Crippen molar-refractivity contribution < 1.29 is 4.79 Å². The maximum Gasteiger partial charge on any atom is 0.238 e.